The van der Waals surface area contributed by atoms with Crippen LogP contribution in [0.5, 0.6) is 0 Å². The molecule has 1 N–H and O–H groups in total. The Morgan fingerprint density at radius 2 is 2.00 bits per heavy atom. The number of rotatable bonds is 3. The molecule has 1 aromatic rings. The fraction of sp³-hybridized carbons (Fsp3) is 0.438. The lowest BCUT2D eigenvalue weighted by Crippen LogP contribution is -2.37. The summed E-state index contributed by atoms with van der Waals surface area (Å²) >= 11 is 0. The summed E-state index contributed by atoms with van der Waals surface area (Å²) in [6, 6.07) is 10.4. The predicted molar refractivity (Wildman–Crippen MR) is 72.9 cm³/mol. The minimum absolute atomic E-state index is 0.0522. The number of benzene rings is 1. The molecule has 3 rings (SSSR count). The van der Waals surface area contributed by atoms with Crippen LogP contribution < -0.4 is 5.32 Å². The highest BCUT2D eigenvalue weighted by atomic mass is 16.1. The van der Waals surface area contributed by atoms with Gasteiger partial charge in [-0.2, -0.15) is 0 Å². The summed E-state index contributed by atoms with van der Waals surface area (Å²) in [7, 11) is 0. The summed E-state index contributed by atoms with van der Waals surface area (Å²) in [6.07, 6.45) is 8.72. The molecule has 0 aromatic heterocycles. The highest BCUT2D eigenvalue weighted by Gasteiger charge is 2.39. The number of carbonyl (C=O) groups excluding carboxylic acids is 1. The zero-order valence-corrected chi connectivity index (χ0v) is 10.5. The Kier molecular flexibility index (Phi) is 3.18. The van der Waals surface area contributed by atoms with Crippen LogP contribution in [0, 0.1) is 11.8 Å². The van der Waals surface area contributed by atoms with Crippen LogP contribution in [-0.2, 0) is 4.79 Å². The van der Waals surface area contributed by atoms with Crippen molar-refractivity contribution in [3.05, 3.63) is 42.0 Å². The van der Waals surface area contributed by atoms with Crippen LogP contribution in [0.25, 0.3) is 6.08 Å². The second-order valence-electron chi connectivity index (χ2n) is 5.53. The Morgan fingerprint density at radius 3 is 2.67 bits per heavy atom. The lowest BCUT2D eigenvalue weighted by molar-refractivity contribution is -0.117. The molecule has 2 bridgehead atoms. The van der Waals surface area contributed by atoms with E-state index in [-0.39, 0.29) is 5.91 Å². The van der Waals surface area contributed by atoms with E-state index < -0.39 is 0 Å². The number of hydrogen-bond acceptors (Lipinski definition) is 1. The summed E-state index contributed by atoms with van der Waals surface area (Å²) in [4.78, 5) is 11.9. The Morgan fingerprint density at radius 1 is 1.17 bits per heavy atom. The van der Waals surface area contributed by atoms with E-state index in [2.05, 4.69) is 5.32 Å². The quantitative estimate of drug-likeness (QED) is 0.810. The molecule has 2 fully saturated rings. The van der Waals surface area contributed by atoms with E-state index in [0.717, 1.165) is 17.4 Å². The number of nitrogens with one attached hydrogen (secondary N) is 1. The molecule has 0 aliphatic heterocycles. The summed E-state index contributed by atoms with van der Waals surface area (Å²) in [5.74, 6) is 1.67. The summed E-state index contributed by atoms with van der Waals surface area (Å²) in [5, 5.41) is 3.15. The second kappa shape index (κ2) is 4.97. The van der Waals surface area contributed by atoms with Gasteiger partial charge >= 0.3 is 0 Å². The topological polar surface area (TPSA) is 29.1 Å². The van der Waals surface area contributed by atoms with Crippen molar-refractivity contribution in [3.8, 4) is 0 Å². The molecule has 1 amide bonds. The minimum Gasteiger partial charge on any atom is -0.350 e. The Bertz CT molecular complexity index is 451. The monoisotopic (exact) mass is 241 g/mol. The molecular weight excluding hydrogens is 222 g/mol. The standard InChI is InChI=1S/C16H19NO/c18-16(9-7-12-4-2-1-3-5-12)17-15-11-13-6-8-14(15)10-13/h1-5,7,9,13-15H,6,8,10-11H2,(H,17,18)/t13-,14+,15+/m0/s1. The molecule has 3 atom stereocenters. The lowest BCUT2D eigenvalue weighted by atomic mass is 9.95. The fourth-order valence-electron chi connectivity index (χ4n) is 3.39. The van der Waals surface area contributed by atoms with Crippen molar-refractivity contribution in [2.24, 2.45) is 11.8 Å². The molecule has 2 aliphatic carbocycles. The number of carbonyl (C=O) groups is 1. The van der Waals surface area contributed by atoms with Crippen LogP contribution in [0.3, 0.4) is 0 Å². The minimum atomic E-state index is 0.0522. The summed E-state index contributed by atoms with van der Waals surface area (Å²) in [5.41, 5.74) is 1.07. The maximum Gasteiger partial charge on any atom is 0.244 e. The van der Waals surface area contributed by atoms with Crippen molar-refractivity contribution < 1.29 is 4.79 Å². The van der Waals surface area contributed by atoms with Gasteiger partial charge in [-0.3, -0.25) is 4.79 Å². The first-order valence-corrected chi connectivity index (χ1v) is 6.85. The molecule has 2 aliphatic rings. The Labute approximate surface area is 108 Å². The molecule has 2 heteroatoms. The largest absolute Gasteiger partial charge is 0.350 e. The molecule has 18 heavy (non-hydrogen) atoms. The van der Waals surface area contributed by atoms with Crippen LogP contribution in [0.4, 0.5) is 0 Å². The molecule has 2 saturated carbocycles. The van der Waals surface area contributed by atoms with Gasteiger partial charge in [-0.1, -0.05) is 36.8 Å². The van der Waals surface area contributed by atoms with Gasteiger partial charge in [0.2, 0.25) is 5.91 Å². The third-order valence-corrected chi connectivity index (χ3v) is 4.29. The SMILES string of the molecule is O=C(C=Cc1ccccc1)N[C@@H]1C[C@H]2CC[C@@H]1C2. The first kappa shape index (κ1) is 11.5. The second-order valence-corrected chi connectivity index (χ2v) is 5.53. The maximum absolute atomic E-state index is 11.9. The molecule has 2 nitrogen and oxygen atoms in total. The van der Waals surface area contributed by atoms with E-state index in [1.807, 2.05) is 36.4 Å². The molecule has 0 heterocycles. The highest BCUT2D eigenvalue weighted by Crippen LogP contribution is 2.44. The Hall–Kier alpha value is -1.57. The zero-order chi connectivity index (χ0) is 12.4. The van der Waals surface area contributed by atoms with E-state index in [1.54, 1.807) is 6.08 Å². The van der Waals surface area contributed by atoms with Crippen LogP contribution in [0.1, 0.15) is 31.2 Å². The van der Waals surface area contributed by atoms with Crippen molar-refractivity contribution in [1.82, 2.24) is 5.32 Å². The average Bonchev–Trinajstić information content (AvgIpc) is 3.00. The summed E-state index contributed by atoms with van der Waals surface area (Å²) in [6.45, 7) is 0. The van der Waals surface area contributed by atoms with Gasteiger partial charge in [0.25, 0.3) is 0 Å². The Balaban J connectivity index is 1.55. The smallest absolute Gasteiger partial charge is 0.244 e. The zero-order valence-electron chi connectivity index (χ0n) is 10.5. The van der Waals surface area contributed by atoms with Crippen molar-refractivity contribution in [2.45, 2.75) is 31.7 Å². The normalized spacial score (nSPS) is 29.9. The molecular formula is C16H19NO. The van der Waals surface area contributed by atoms with E-state index in [4.69, 9.17) is 0 Å². The van der Waals surface area contributed by atoms with Gasteiger partial charge in [-0.05, 0) is 42.7 Å². The van der Waals surface area contributed by atoms with E-state index in [9.17, 15) is 4.79 Å². The van der Waals surface area contributed by atoms with Gasteiger partial charge in [-0.25, -0.2) is 0 Å². The highest BCUT2D eigenvalue weighted by molar-refractivity contribution is 5.91. The lowest BCUT2D eigenvalue weighted by Gasteiger charge is -2.22. The first-order valence-electron chi connectivity index (χ1n) is 6.85. The molecule has 1 aromatic carbocycles. The van der Waals surface area contributed by atoms with Gasteiger partial charge in [0.15, 0.2) is 0 Å². The predicted octanol–water partition coefficient (Wildman–Crippen LogP) is 3.00. The van der Waals surface area contributed by atoms with Crippen molar-refractivity contribution in [1.29, 1.82) is 0 Å². The third-order valence-electron chi connectivity index (χ3n) is 4.29. The van der Waals surface area contributed by atoms with Gasteiger partial charge < -0.3 is 5.32 Å². The number of amides is 1. The van der Waals surface area contributed by atoms with E-state index in [1.165, 1.54) is 25.7 Å². The fourth-order valence-corrected chi connectivity index (χ4v) is 3.39. The molecule has 0 saturated heterocycles. The van der Waals surface area contributed by atoms with Crippen molar-refractivity contribution >= 4 is 12.0 Å². The molecule has 0 unspecified atom stereocenters. The molecule has 94 valence electrons. The average molecular weight is 241 g/mol. The van der Waals surface area contributed by atoms with Crippen molar-refractivity contribution in [2.75, 3.05) is 0 Å². The number of hydrogen-bond donors (Lipinski definition) is 1. The van der Waals surface area contributed by atoms with Gasteiger partial charge in [-0.15, -0.1) is 0 Å². The van der Waals surface area contributed by atoms with Gasteiger partial charge in [0.05, 0.1) is 0 Å². The van der Waals surface area contributed by atoms with Crippen molar-refractivity contribution in [3.63, 3.8) is 0 Å². The maximum atomic E-state index is 11.9. The van der Waals surface area contributed by atoms with Crippen LogP contribution in [0.15, 0.2) is 36.4 Å². The van der Waals surface area contributed by atoms with E-state index >= 15 is 0 Å². The third kappa shape index (κ3) is 2.47. The van der Waals surface area contributed by atoms with Gasteiger partial charge in [0.1, 0.15) is 0 Å². The van der Waals surface area contributed by atoms with Crippen LogP contribution in [-0.4, -0.2) is 11.9 Å². The van der Waals surface area contributed by atoms with Crippen LogP contribution >= 0.6 is 0 Å². The van der Waals surface area contributed by atoms with Gasteiger partial charge in [0, 0.05) is 12.1 Å². The first-order chi connectivity index (χ1) is 8.81. The molecule has 0 radical (unpaired) electrons. The molecule has 0 spiro atoms. The summed E-state index contributed by atoms with van der Waals surface area (Å²) < 4.78 is 0. The van der Waals surface area contributed by atoms with E-state index in [0.29, 0.717) is 6.04 Å². The number of fused-ring (bicyclic) bond motifs is 2. The van der Waals surface area contributed by atoms with Crippen LogP contribution in [0.2, 0.25) is 0 Å².